The third-order valence-corrected chi connectivity index (χ3v) is 7.38. The molecule has 3 aromatic rings. The highest BCUT2D eigenvalue weighted by Crippen LogP contribution is 2.43. The van der Waals surface area contributed by atoms with E-state index in [0.29, 0.717) is 61.0 Å². The number of imidazole rings is 1. The molecular weight excluding hydrogens is 459 g/mol. The first kappa shape index (κ1) is 23.4. The number of amides is 1. The van der Waals surface area contributed by atoms with Crippen LogP contribution in [0.2, 0.25) is 0 Å². The quantitative estimate of drug-likeness (QED) is 0.454. The number of fused-ring (bicyclic) bond motifs is 1. The fourth-order valence-electron chi connectivity index (χ4n) is 5.16. The lowest BCUT2D eigenvalue weighted by molar-refractivity contribution is -0.128. The lowest BCUT2D eigenvalue weighted by atomic mass is 9.73. The van der Waals surface area contributed by atoms with Crippen molar-refractivity contribution >= 4 is 34.7 Å². The van der Waals surface area contributed by atoms with Crippen LogP contribution in [0.4, 0.5) is 30.8 Å². The van der Waals surface area contributed by atoms with Gasteiger partial charge in [-0.15, -0.1) is 0 Å². The Morgan fingerprint density at radius 3 is 2.37 bits per heavy atom. The van der Waals surface area contributed by atoms with E-state index in [0.717, 1.165) is 25.7 Å². The average Bonchev–Trinajstić information content (AvgIpc) is 3.44. The highest BCUT2D eigenvalue weighted by molar-refractivity contribution is 5.80. The molecule has 2 aromatic heterocycles. The number of carbonyl (C=O) groups is 1. The zero-order valence-electron chi connectivity index (χ0n) is 19.5. The van der Waals surface area contributed by atoms with E-state index in [4.69, 9.17) is 10.7 Å². The minimum Gasteiger partial charge on any atom is -0.369 e. The van der Waals surface area contributed by atoms with Crippen molar-refractivity contribution in [2.24, 2.45) is 11.1 Å². The van der Waals surface area contributed by atoms with Crippen LogP contribution < -0.4 is 16.4 Å². The van der Waals surface area contributed by atoms with E-state index in [1.807, 2.05) is 6.92 Å². The van der Waals surface area contributed by atoms with Crippen molar-refractivity contribution in [1.29, 1.82) is 0 Å². The van der Waals surface area contributed by atoms with Crippen LogP contribution in [0.1, 0.15) is 64.3 Å². The van der Waals surface area contributed by atoms with Crippen molar-refractivity contribution in [2.45, 2.75) is 70.4 Å². The molecule has 0 spiro atoms. The first-order valence-electron chi connectivity index (χ1n) is 12.0. The fraction of sp³-hybridized carbons (Fsp3) is 0.500. The van der Waals surface area contributed by atoms with Crippen LogP contribution in [0, 0.1) is 22.9 Å². The van der Waals surface area contributed by atoms with E-state index < -0.39 is 28.6 Å². The number of primary amides is 1. The van der Waals surface area contributed by atoms with Crippen LogP contribution in [-0.2, 0) is 4.79 Å². The first-order chi connectivity index (χ1) is 16.7. The van der Waals surface area contributed by atoms with Crippen LogP contribution in [0.25, 0.3) is 11.2 Å². The highest BCUT2D eigenvalue weighted by atomic mass is 19.1. The van der Waals surface area contributed by atoms with Gasteiger partial charge in [0, 0.05) is 29.6 Å². The molecule has 1 amide bonds. The molecule has 2 aliphatic carbocycles. The second-order valence-electron chi connectivity index (χ2n) is 9.86. The molecule has 0 unspecified atom stereocenters. The van der Waals surface area contributed by atoms with Gasteiger partial charge in [0.15, 0.2) is 17.3 Å². The Bertz CT molecular complexity index is 1240. The Morgan fingerprint density at radius 2 is 1.74 bits per heavy atom. The number of nitrogens with two attached hydrogens (primary N) is 1. The van der Waals surface area contributed by atoms with Crippen molar-refractivity contribution in [3.63, 3.8) is 0 Å². The summed E-state index contributed by atoms with van der Waals surface area (Å²) >= 11 is 0. The number of carbonyl (C=O) groups excluding carboxylic acids is 1. The van der Waals surface area contributed by atoms with Gasteiger partial charge < -0.3 is 16.4 Å². The minimum atomic E-state index is -1.07. The molecule has 1 aromatic carbocycles. The van der Waals surface area contributed by atoms with Crippen LogP contribution >= 0.6 is 0 Å². The van der Waals surface area contributed by atoms with Crippen molar-refractivity contribution in [3.8, 4) is 0 Å². The molecule has 0 saturated heterocycles. The van der Waals surface area contributed by atoms with Gasteiger partial charge in [0.25, 0.3) is 0 Å². The number of aromatic nitrogens is 4. The first-order valence-corrected chi connectivity index (χ1v) is 12.0. The maximum absolute atomic E-state index is 14.4. The number of hydrogen-bond acceptors (Lipinski definition) is 6. The van der Waals surface area contributed by atoms with Crippen LogP contribution in [0.15, 0.2) is 18.3 Å². The largest absolute Gasteiger partial charge is 0.369 e. The van der Waals surface area contributed by atoms with Gasteiger partial charge in [0.05, 0.1) is 6.20 Å². The van der Waals surface area contributed by atoms with Crippen LogP contribution in [0.5, 0.6) is 0 Å². The van der Waals surface area contributed by atoms with Gasteiger partial charge in [-0.1, -0.05) is 19.8 Å². The maximum atomic E-state index is 14.4. The summed E-state index contributed by atoms with van der Waals surface area (Å²) in [6.07, 6.45) is 8.30. The Morgan fingerprint density at radius 1 is 1.09 bits per heavy atom. The zero-order valence-corrected chi connectivity index (χ0v) is 19.5. The second-order valence-corrected chi connectivity index (χ2v) is 9.86. The Labute approximate surface area is 200 Å². The van der Waals surface area contributed by atoms with Gasteiger partial charge in [-0.3, -0.25) is 9.36 Å². The number of benzene rings is 1. The normalized spacial score (nSPS) is 23.0. The molecule has 11 heteroatoms. The van der Waals surface area contributed by atoms with E-state index in [1.165, 1.54) is 0 Å². The lowest BCUT2D eigenvalue weighted by Gasteiger charge is -2.35. The third-order valence-electron chi connectivity index (χ3n) is 7.38. The molecule has 186 valence electrons. The number of rotatable bonds is 6. The Hall–Kier alpha value is -3.37. The maximum Gasteiger partial charge on any atom is 0.224 e. The summed E-state index contributed by atoms with van der Waals surface area (Å²) in [5, 5.41) is 6.08. The van der Waals surface area contributed by atoms with E-state index in [2.05, 4.69) is 20.6 Å². The number of anilines is 3. The summed E-state index contributed by atoms with van der Waals surface area (Å²) in [5.41, 5.74) is 5.47. The van der Waals surface area contributed by atoms with Gasteiger partial charge in [0.2, 0.25) is 17.8 Å². The zero-order chi connectivity index (χ0) is 24.7. The molecule has 2 aliphatic rings. The number of halogens is 3. The molecule has 0 bridgehead atoms. The van der Waals surface area contributed by atoms with Gasteiger partial charge in [-0.2, -0.15) is 4.98 Å². The number of hydrogen-bond donors (Lipinski definition) is 3. The van der Waals surface area contributed by atoms with Crippen molar-refractivity contribution in [3.05, 3.63) is 35.8 Å². The van der Waals surface area contributed by atoms with Gasteiger partial charge in [0.1, 0.15) is 17.0 Å². The average molecular weight is 488 g/mol. The van der Waals surface area contributed by atoms with E-state index >= 15 is 0 Å². The van der Waals surface area contributed by atoms with Crippen molar-refractivity contribution in [2.75, 3.05) is 10.6 Å². The predicted molar refractivity (Wildman–Crippen MR) is 126 cm³/mol. The van der Waals surface area contributed by atoms with Crippen LogP contribution in [-0.4, -0.2) is 31.5 Å². The predicted octanol–water partition coefficient (Wildman–Crippen LogP) is 4.95. The standard InChI is InChI=1S/C24H28F3N7O/c1-24(21(28)35)8-6-15(7-9-24)34-20-18(12-29-22(33-20)30-14-4-2-3-5-14)31-23(34)32-19-16(26)10-13(25)11-17(19)27/h10-12,14-15H,2-9H2,1H3,(H2,28,35)(H,31,32)(H,29,30,33)/t15-,24+. The summed E-state index contributed by atoms with van der Waals surface area (Å²) in [5.74, 6) is -2.85. The second kappa shape index (κ2) is 9.01. The lowest BCUT2D eigenvalue weighted by Crippen LogP contribution is -2.38. The molecule has 0 atom stereocenters. The Balaban J connectivity index is 1.54. The number of nitrogens with one attached hydrogen (secondary N) is 2. The summed E-state index contributed by atoms with van der Waals surface area (Å²) in [7, 11) is 0. The molecule has 2 heterocycles. The summed E-state index contributed by atoms with van der Waals surface area (Å²) in [6, 6.07) is 1.38. The topological polar surface area (TPSA) is 111 Å². The van der Waals surface area contributed by atoms with Crippen molar-refractivity contribution < 1.29 is 18.0 Å². The van der Waals surface area contributed by atoms with Gasteiger partial charge in [-0.05, 0) is 38.5 Å². The van der Waals surface area contributed by atoms with Crippen LogP contribution in [0.3, 0.4) is 0 Å². The highest BCUT2D eigenvalue weighted by Gasteiger charge is 2.38. The third kappa shape index (κ3) is 4.51. The summed E-state index contributed by atoms with van der Waals surface area (Å²) in [4.78, 5) is 25.6. The Kier molecular flexibility index (Phi) is 6.02. The number of nitrogens with zero attached hydrogens (tertiary/aromatic N) is 4. The van der Waals surface area contributed by atoms with E-state index in [-0.39, 0.29) is 17.9 Å². The van der Waals surface area contributed by atoms with Gasteiger partial charge >= 0.3 is 0 Å². The minimum absolute atomic E-state index is 0.143. The molecule has 2 saturated carbocycles. The smallest absolute Gasteiger partial charge is 0.224 e. The SMILES string of the molecule is C[C@]1(C(N)=O)CC[C@@H](n2c(Nc3c(F)cc(F)cc3F)nc3cnc(NC4CCCC4)nc32)CC1. The molecule has 5 rings (SSSR count). The van der Waals surface area contributed by atoms with Crippen molar-refractivity contribution in [1.82, 2.24) is 19.5 Å². The molecule has 8 nitrogen and oxygen atoms in total. The molecular formula is C24H28F3N7O. The van der Waals surface area contributed by atoms with E-state index in [1.54, 1.807) is 10.8 Å². The summed E-state index contributed by atoms with van der Waals surface area (Å²) in [6.45, 7) is 1.85. The molecule has 0 aliphatic heterocycles. The fourth-order valence-corrected chi connectivity index (χ4v) is 5.16. The molecule has 2 fully saturated rings. The molecule has 4 N–H and O–H groups in total. The summed E-state index contributed by atoms with van der Waals surface area (Å²) < 4.78 is 44.1. The molecule has 0 radical (unpaired) electrons. The molecule has 35 heavy (non-hydrogen) atoms. The van der Waals surface area contributed by atoms with E-state index in [9.17, 15) is 18.0 Å². The monoisotopic (exact) mass is 487 g/mol. The van der Waals surface area contributed by atoms with Gasteiger partial charge in [-0.25, -0.2) is 23.1 Å².